The van der Waals surface area contributed by atoms with Gasteiger partial charge in [0.05, 0.1) is 44.5 Å². The molecule has 12 aromatic carbocycles. The minimum atomic E-state index is 0.760. The predicted octanol–water partition coefficient (Wildman–Crippen LogP) is 22.6. The van der Waals surface area contributed by atoms with Gasteiger partial charge in [0.15, 0.2) is 11.2 Å². The summed E-state index contributed by atoms with van der Waals surface area (Å²) < 4.78 is 18.3. The lowest BCUT2D eigenvalue weighted by atomic mass is 9.97. The van der Waals surface area contributed by atoms with Crippen LogP contribution in [0.25, 0.3) is 144 Å². The zero-order valence-electron chi connectivity index (χ0n) is 46.3. The lowest BCUT2D eigenvalue weighted by Gasteiger charge is -2.25. The van der Waals surface area contributed by atoms with E-state index in [-0.39, 0.29) is 0 Å². The molecular formula is C79H50N4O2. The highest BCUT2D eigenvalue weighted by atomic mass is 16.3. The maximum absolute atomic E-state index is 6.61. The third-order valence-corrected chi connectivity index (χ3v) is 17.8. The molecule has 18 rings (SSSR count). The van der Waals surface area contributed by atoms with Crippen LogP contribution in [-0.4, -0.2) is 8.80 Å². The van der Waals surface area contributed by atoms with E-state index >= 15 is 0 Å². The van der Waals surface area contributed by atoms with Gasteiger partial charge in [-0.3, -0.25) is 0 Å². The lowest BCUT2D eigenvalue weighted by Crippen LogP contribution is -2.10. The SMILES string of the molecule is C=Cc1oc2c(N(c3ccccc3)c3ccc(-c4cccc5c4c4cccc6c7cc8c(cc7n5c64)c4cccc5c6c(-c7ccc(N(c9ccccc9)c9cccc%10c9oc9ccccc9%10)cc7)cccc6n8c45)cc3)cccc2c1/C=C\C. The molecule has 0 aliphatic rings. The fraction of sp³-hybridized carbons (Fsp3) is 0.0127. The summed E-state index contributed by atoms with van der Waals surface area (Å²) in [7, 11) is 0. The number of hydrogen-bond donors (Lipinski definition) is 0. The molecule has 6 nitrogen and oxygen atoms in total. The van der Waals surface area contributed by atoms with Crippen molar-refractivity contribution in [3.8, 4) is 22.3 Å². The summed E-state index contributed by atoms with van der Waals surface area (Å²) in [5, 5.41) is 13.3. The number of hydrogen-bond acceptors (Lipinski definition) is 4. The van der Waals surface area contributed by atoms with E-state index < -0.39 is 0 Å². The predicted molar refractivity (Wildman–Crippen MR) is 358 cm³/mol. The van der Waals surface area contributed by atoms with Crippen molar-refractivity contribution in [2.75, 3.05) is 9.80 Å². The van der Waals surface area contributed by atoms with Crippen molar-refractivity contribution < 1.29 is 8.83 Å². The first-order valence-electron chi connectivity index (χ1n) is 29.1. The second-order valence-corrected chi connectivity index (χ2v) is 22.3. The van der Waals surface area contributed by atoms with Crippen molar-refractivity contribution in [1.29, 1.82) is 0 Å². The summed E-state index contributed by atoms with van der Waals surface area (Å²) in [4.78, 5) is 4.60. The van der Waals surface area contributed by atoms with Gasteiger partial charge in [0.2, 0.25) is 0 Å². The normalized spacial score (nSPS) is 12.3. The van der Waals surface area contributed by atoms with E-state index in [0.717, 1.165) is 89.5 Å². The molecule has 85 heavy (non-hydrogen) atoms. The van der Waals surface area contributed by atoms with Gasteiger partial charge >= 0.3 is 0 Å². The van der Waals surface area contributed by atoms with Crippen molar-refractivity contribution in [2.24, 2.45) is 0 Å². The van der Waals surface area contributed by atoms with Crippen LogP contribution in [-0.2, 0) is 0 Å². The second-order valence-electron chi connectivity index (χ2n) is 22.3. The van der Waals surface area contributed by atoms with Crippen LogP contribution in [0, 0.1) is 0 Å². The van der Waals surface area contributed by atoms with E-state index in [2.05, 4.69) is 274 Å². The number of furan rings is 2. The molecule has 0 aliphatic heterocycles. The number of anilines is 6. The summed E-state index contributed by atoms with van der Waals surface area (Å²) >= 11 is 0. The Hall–Kier alpha value is -11.3. The number of aromatic nitrogens is 2. The Morgan fingerprint density at radius 1 is 0.365 bits per heavy atom. The first-order valence-corrected chi connectivity index (χ1v) is 29.1. The van der Waals surface area contributed by atoms with E-state index in [0.29, 0.717) is 0 Å². The Kier molecular flexibility index (Phi) is 10.1. The smallest absolute Gasteiger partial charge is 0.159 e. The van der Waals surface area contributed by atoms with Crippen molar-refractivity contribution >= 4 is 155 Å². The second kappa shape index (κ2) is 18.1. The molecule has 0 bridgehead atoms. The molecule has 0 saturated heterocycles. The van der Waals surface area contributed by atoms with Crippen LogP contribution in [0.15, 0.2) is 276 Å². The van der Waals surface area contributed by atoms with Gasteiger partial charge in [-0.1, -0.05) is 183 Å². The minimum absolute atomic E-state index is 0.760. The van der Waals surface area contributed by atoms with Crippen molar-refractivity contribution in [3.05, 3.63) is 279 Å². The highest BCUT2D eigenvalue weighted by molar-refractivity contribution is 6.31. The largest absolute Gasteiger partial charge is 0.454 e. The molecule has 0 unspecified atom stereocenters. The molecule has 0 fully saturated rings. The number of fused-ring (bicyclic) bond motifs is 16. The maximum atomic E-state index is 6.61. The Labute approximate surface area is 488 Å². The molecule has 0 spiro atoms. The first-order chi connectivity index (χ1) is 42.1. The van der Waals surface area contributed by atoms with Crippen LogP contribution in [0.3, 0.4) is 0 Å². The van der Waals surface area contributed by atoms with E-state index in [9.17, 15) is 0 Å². The lowest BCUT2D eigenvalue weighted by molar-refractivity contribution is 0.604. The average molecular weight is 1090 g/mol. The van der Waals surface area contributed by atoms with Crippen molar-refractivity contribution in [3.63, 3.8) is 0 Å². The Bertz CT molecular complexity index is 5740. The van der Waals surface area contributed by atoms with Gasteiger partial charge in [-0.15, -0.1) is 0 Å². The molecule has 6 aromatic heterocycles. The minimum Gasteiger partial charge on any atom is -0.454 e. The van der Waals surface area contributed by atoms with Crippen LogP contribution in [0.4, 0.5) is 34.1 Å². The molecule has 0 saturated carbocycles. The molecule has 6 heteroatoms. The first kappa shape index (κ1) is 47.3. The Balaban J connectivity index is 0.755. The molecule has 6 heterocycles. The molecule has 0 atom stereocenters. The highest BCUT2D eigenvalue weighted by Gasteiger charge is 2.27. The Morgan fingerprint density at radius 3 is 1.33 bits per heavy atom. The number of allylic oxidation sites excluding steroid dienone is 1. The van der Waals surface area contributed by atoms with Gasteiger partial charge in [-0.05, 0) is 126 Å². The number of para-hydroxylation sites is 7. The van der Waals surface area contributed by atoms with E-state index in [1.807, 2.05) is 25.1 Å². The third-order valence-electron chi connectivity index (χ3n) is 17.8. The highest BCUT2D eigenvalue weighted by Crippen LogP contribution is 2.50. The van der Waals surface area contributed by atoms with Crippen LogP contribution < -0.4 is 9.80 Å². The van der Waals surface area contributed by atoms with Gasteiger partial charge in [-0.25, -0.2) is 0 Å². The summed E-state index contributed by atoms with van der Waals surface area (Å²) in [6.07, 6.45) is 5.95. The van der Waals surface area contributed by atoms with Gasteiger partial charge in [0.25, 0.3) is 0 Å². The van der Waals surface area contributed by atoms with Crippen molar-refractivity contribution in [1.82, 2.24) is 8.80 Å². The van der Waals surface area contributed by atoms with Gasteiger partial charge in [-0.2, -0.15) is 0 Å². The summed E-state index contributed by atoms with van der Waals surface area (Å²) in [6.45, 7) is 6.12. The average Bonchev–Trinajstić information content (AvgIpc) is 1.62. The third kappa shape index (κ3) is 6.70. The van der Waals surface area contributed by atoms with Gasteiger partial charge < -0.3 is 27.4 Å². The summed E-state index contributed by atoms with van der Waals surface area (Å²) in [5.41, 5.74) is 21.8. The summed E-state index contributed by atoms with van der Waals surface area (Å²) in [6, 6.07) is 92.6. The van der Waals surface area contributed by atoms with E-state index in [1.54, 1.807) is 6.08 Å². The molecule has 398 valence electrons. The molecular weight excluding hydrogens is 1040 g/mol. The van der Waals surface area contributed by atoms with Crippen molar-refractivity contribution in [2.45, 2.75) is 6.92 Å². The number of rotatable bonds is 10. The zero-order chi connectivity index (χ0) is 56.0. The van der Waals surface area contributed by atoms with Gasteiger partial charge in [0, 0.05) is 87.6 Å². The maximum Gasteiger partial charge on any atom is 0.159 e. The monoisotopic (exact) mass is 1090 g/mol. The zero-order valence-corrected chi connectivity index (χ0v) is 46.3. The van der Waals surface area contributed by atoms with E-state index in [4.69, 9.17) is 8.83 Å². The van der Waals surface area contributed by atoms with Gasteiger partial charge in [0.1, 0.15) is 11.3 Å². The molecule has 0 amide bonds. The summed E-state index contributed by atoms with van der Waals surface area (Å²) in [5.74, 6) is 0.760. The quantitative estimate of drug-likeness (QED) is 0.137. The molecule has 0 N–H and O–H groups in total. The Morgan fingerprint density at radius 2 is 0.800 bits per heavy atom. The molecule has 0 aliphatic carbocycles. The van der Waals surface area contributed by atoms with Crippen LogP contribution in [0.5, 0.6) is 0 Å². The molecule has 18 aromatic rings. The number of benzene rings is 12. The molecule has 0 radical (unpaired) electrons. The standard InChI is InChI=1S/C79H50N4O2/c1-3-19-56-60-29-17-35-68(78(60)84-72(56)4-2)80(50-20-7-5-8-21-50)52-42-38-48(39-43-52)54-25-15-33-66-74(54)62-31-13-27-58-64-47-71-65(46-70(64)82(66)76(58)62)59-28-14-32-63-75-55(26-16-34-67(75)83(71)77(59)63)49-40-44-53(45-41-49)81(51-22-9-6-10-23-51)69-36-18-30-61-57-24-11-12-37-73(57)85-79(61)69/h3-47H,2H2,1H3/b19-3-. The fourth-order valence-corrected chi connectivity index (χ4v) is 14.3. The fourth-order valence-electron chi connectivity index (χ4n) is 14.3. The van der Waals surface area contributed by atoms with Crippen LogP contribution in [0.2, 0.25) is 0 Å². The topological polar surface area (TPSA) is 41.6 Å². The number of nitrogens with zero attached hydrogens (tertiary/aromatic N) is 4. The van der Waals surface area contributed by atoms with Crippen LogP contribution in [0.1, 0.15) is 18.2 Å². The van der Waals surface area contributed by atoms with E-state index in [1.165, 1.54) is 87.3 Å². The van der Waals surface area contributed by atoms with Crippen LogP contribution >= 0.6 is 0 Å².